The summed E-state index contributed by atoms with van der Waals surface area (Å²) in [6, 6.07) is -0.936. The van der Waals surface area contributed by atoms with E-state index < -0.39 is 18.1 Å². The lowest BCUT2D eigenvalue weighted by atomic mass is 9.81. The van der Waals surface area contributed by atoms with E-state index in [4.69, 9.17) is 5.73 Å². The van der Waals surface area contributed by atoms with E-state index in [1.807, 2.05) is 0 Å². The Morgan fingerprint density at radius 3 is 2.33 bits per heavy atom. The highest BCUT2D eigenvalue weighted by Gasteiger charge is 2.51. The van der Waals surface area contributed by atoms with Crippen LogP contribution in [-0.2, 0) is 4.79 Å². The van der Waals surface area contributed by atoms with E-state index in [2.05, 4.69) is 5.32 Å². The van der Waals surface area contributed by atoms with Gasteiger partial charge in [0.15, 0.2) is 0 Å². The maximum Gasteiger partial charge on any atom is 0.393 e. The predicted octanol–water partition coefficient (Wildman–Crippen LogP) is 2.60. The normalized spacial score (nSPS) is 43.0. The van der Waals surface area contributed by atoms with Crippen molar-refractivity contribution in [2.75, 3.05) is 0 Å². The summed E-state index contributed by atoms with van der Waals surface area (Å²) in [5.74, 6) is -1.26. The monoisotopic (exact) mass is 304 g/mol. The minimum absolute atomic E-state index is 0.122. The van der Waals surface area contributed by atoms with E-state index >= 15 is 0 Å². The van der Waals surface area contributed by atoms with Crippen LogP contribution in [0.5, 0.6) is 0 Å². The number of halogens is 3. The fourth-order valence-corrected chi connectivity index (χ4v) is 4.70. The third-order valence-corrected chi connectivity index (χ3v) is 5.80. The Hall–Kier alpha value is -0.780. The Bertz CT molecular complexity index is 410. The zero-order valence-corrected chi connectivity index (χ0v) is 12.0. The van der Waals surface area contributed by atoms with Crippen LogP contribution in [0.25, 0.3) is 0 Å². The van der Waals surface area contributed by atoms with E-state index in [1.54, 1.807) is 0 Å². The Balaban J connectivity index is 1.66. The van der Waals surface area contributed by atoms with E-state index in [0.29, 0.717) is 18.8 Å². The predicted molar refractivity (Wildman–Crippen MR) is 72.2 cm³/mol. The molecule has 6 unspecified atom stereocenters. The van der Waals surface area contributed by atoms with Crippen molar-refractivity contribution in [3.8, 4) is 0 Å². The number of rotatable bonds is 2. The lowest BCUT2D eigenvalue weighted by Gasteiger charge is -2.35. The number of nitrogens with one attached hydrogen (secondary N) is 1. The van der Waals surface area contributed by atoms with Gasteiger partial charge >= 0.3 is 6.18 Å². The van der Waals surface area contributed by atoms with E-state index in [-0.39, 0.29) is 30.2 Å². The van der Waals surface area contributed by atoms with Crippen LogP contribution in [0, 0.1) is 23.7 Å². The molecule has 0 heterocycles. The number of alkyl halides is 3. The fraction of sp³-hybridized carbons (Fsp3) is 0.933. The number of nitrogens with two attached hydrogens (primary N) is 1. The summed E-state index contributed by atoms with van der Waals surface area (Å²) >= 11 is 0. The van der Waals surface area contributed by atoms with Gasteiger partial charge in [-0.1, -0.05) is 12.8 Å². The van der Waals surface area contributed by atoms with Gasteiger partial charge in [-0.05, 0) is 43.9 Å². The molecule has 3 aliphatic rings. The third-order valence-electron chi connectivity index (χ3n) is 5.80. The second kappa shape index (κ2) is 5.45. The van der Waals surface area contributed by atoms with Crippen molar-refractivity contribution >= 4 is 5.91 Å². The topological polar surface area (TPSA) is 55.1 Å². The van der Waals surface area contributed by atoms with Crippen molar-refractivity contribution in [1.82, 2.24) is 5.32 Å². The molecule has 1 amide bonds. The van der Waals surface area contributed by atoms with Gasteiger partial charge in [0.1, 0.15) is 0 Å². The molecule has 6 atom stereocenters. The van der Waals surface area contributed by atoms with Crippen molar-refractivity contribution in [3.05, 3.63) is 0 Å². The van der Waals surface area contributed by atoms with Crippen LogP contribution < -0.4 is 11.1 Å². The summed E-state index contributed by atoms with van der Waals surface area (Å²) in [4.78, 5) is 12.4. The van der Waals surface area contributed by atoms with Gasteiger partial charge in [0.25, 0.3) is 0 Å². The van der Waals surface area contributed by atoms with Gasteiger partial charge in [0.05, 0.1) is 11.8 Å². The van der Waals surface area contributed by atoms with Gasteiger partial charge in [-0.15, -0.1) is 0 Å². The van der Waals surface area contributed by atoms with Crippen LogP contribution in [0.2, 0.25) is 0 Å². The average Bonchev–Trinajstić information content (AvgIpc) is 2.98. The number of carbonyl (C=O) groups is 1. The first-order valence-corrected chi connectivity index (χ1v) is 8.00. The van der Waals surface area contributed by atoms with Crippen LogP contribution in [0.3, 0.4) is 0 Å². The Morgan fingerprint density at radius 2 is 1.71 bits per heavy atom. The molecule has 0 aromatic heterocycles. The van der Waals surface area contributed by atoms with Crippen molar-refractivity contribution in [2.24, 2.45) is 29.4 Å². The Kier molecular flexibility index (Phi) is 3.93. The first kappa shape index (κ1) is 15.1. The summed E-state index contributed by atoms with van der Waals surface area (Å²) in [5.41, 5.74) is 6.11. The van der Waals surface area contributed by atoms with Crippen molar-refractivity contribution in [1.29, 1.82) is 0 Å². The van der Waals surface area contributed by atoms with Crippen LogP contribution >= 0.6 is 0 Å². The summed E-state index contributed by atoms with van der Waals surface area (Å²) < 4.78 is 39.2. The second-order valence-corrected chi connectivity index (χ2v) is 6.98. The molecule has 0 aromatic rings. The van der Waals surface area contributed by atoms with E-state index in [1.165, 1.54) is 0 Å². The zero-order chi connectivity index (χ0) is 15.2. The molecule has 3 nitrogen and oxygen atoms in total. The molecule has 3 N–H and O–H groups in total. The number of hydrogen-bond donors (Lipinski definition) is 2. The van der Waals surface area contributed by atoms with Crippen molar-refractivity contribution in [3.63, 3.8) is 0 Å². The SMILES string of the molecule is NC1C2CCC(C2)C1C(=O)NC1CCCCC1C(F)(F)F. The van der Waals surface area contributed by atoms with Crippen molar-refractivity contribution in [2.45, 2.75) is 63.2 Å². The highest BCUT2D eigenvalue weighted by atomic mass is 19.4. The van der Waals surface area contributed by atoms with Gasteiger partial charge in [-0.3, -0.25) is 4.79 Å². The molecule has 120 valence electrons. The van der Waals surface area contributed by atoms with Gasteiger partial charge in [0.2, 0.25) is 5.91 Å². The molecule has 3 aliphatic carbocycles. The maximum atomic E-state index is 13.1. The second-order valence-electron chi connectivity index (χ2n) is 6.98. The van der Waals surface area contributed by atoms with Crippen molar-refractivity contribution < 1.29 is 18.0 Å². The molecule has 21 heavy (non-hydrogen) atoms. The number of carbonyl (C=O) groups excluding carboxylic acids is 1. The van der Waals surface area contributed by atoms with Gasteiger partial charge < -0.3 is 11.1 Å². The molecule has 0 radical (unpaired) electrons. The van der Waals surface area contributed by atoms with Gasteiger partial charge in [-0.25, -0.2) is 0 Å². The van der Waals surface area contributed by atoms with Crippen LogP contribution in [0.4, 0.5) is 13.2 Å². The maximum absolute atomic E-state index is 13.1. The smallest absolute Gasteiger partial charge is 0.352 e. The summed E-state index contributed by atoms with van der Waals surface area (Å²) in [6.07, 6.45) is 0.670. The first-order valence-electron chi connectivity index (χ1n) is 8.00. The highest BCUT2D eigenvalue weighted by molar-refractivity contribution is 5.80. The molecule has 6 heteroatoms. The van der Waals surface area contributed by atoms with E-state index in [0.717, 1.165) is 25.7 Å². The lowest BCUT2D eigenvalue weighted by Crippen LogP contribution is -2.52. The molecule has 3 saturated carbocycles. The minimum Gasteiger partial charge on any atom is -0.352 e. The third kappa shape index (κ3) is 2.79. The largest absolute Gasteiger partial charge is 0.393 e. The molecule has 0 spiro atoms. The minimum atomic E-state index is -4.23. The highest BCUT2D eigenvalue weighted by Crippen LogP contribution is 2.48. The number of amides is 1. The summed E-state index contributed by atoms with van der Waals surface area (Å²) in [5, 5.41) is 2.69. The van der Waals surface area contributed by atoms with Crippen LogP contribution in [-0.4, -0.2) is 24.2 Å². The zero-order valence-electron chi connectivity index (χ0n) is 12.0. The standard InChI is InChI=1S/C15H23F3N2O/c16-15(17,18)10-3-1-2-4-11(10)20-14(21)12-8-5-6-9(7-8)13(12)19/h8-13H,1-7,19H2,(H,20,21). The van der Waals surface area contributed by atoms with Crippen LogP contribution in [0.1, 0.15) is 44.9 Å². The van der Waals surface area contributed by atoms with E-state index in [9.17, 15) is 18.0 Å². The summed E-state index contributed by atoms with van der Waals surface area (Å²) in [7, 11) is 0. The molecule has 0 aliphatic heterocycles. The quantitative estimate of drug-likeness (QED) is 0.824. The van der Waals surface area contributed by atoms with Crippen LogP contribution in [0.15, 0.2) is 0 Å². The lowest BCUT2D eigenvalue weighted by molar-refractivity contribution is -0.189. The van der Waals surface area contributed by atoms with Gasteiger partial charge in [-0.2, -0.15) is 13.2 Å². The molecule has 3 fully saturated rings. The molecular weight excluding hydrogens is 281 g/mol. The molecule has 2 bridgehead atoms. The first-order chi connectivity index (χ1) is 9.88. The van der Waals surface area contributed by atoms with Gasteiger partial charge in [0, 0.05) is 12.1 Å². The Morgan fingerprint density at radius 1 is 1.05 bits per heavy atom. The molecule has 3 rings (SSSR count). The average molecular weight is 304 g/mol. The molecule has 0 saturated heterocycles. The fourth-order valence-electron chi connectivity index (χ4n) is 4.70. The Labute approximate surface area is 122 Å². The number of fused-ring (bicyclic) bond motifs is 2. The molecule has 0 aromatic carbocycles. The number of hydrogen-bond acceptors (Lipinski definition) is 2. The molecular formula is C15H23F3N2O. The summed E-state index contributed by atoms with van der Waals surface area (Å²) in [6.45, 7) is 0.